The molecule has 10 aromatic rings. The Morgan fingerprint density at radius 1 is 0.464 bits per heavy atom. The van der Waals surface area contributed by atoms with Gasteiger partial charge in [-0.1, -0.05) is 178 Å². The molecule has 0 aliphatic heterocycles. The Kier molecular flexibility index (Phi) is 11.3. The SMILES string of the molecule is CC(C)(C)c1ccc2c(c1)c1ccc(Oc3cccc(-n4[c-][n+](-c5cc(-c6ccccc6)cc(C(C)(C)c6ccccc6)c5)c(C(C)(C)C)c4)c3)cc1n2-c1cc(C(C)(C)c2ccccc2)ccn1. The van der Waals surface area contributed by atoms with Crippen molar-refractivity contribution in [2.75, 3.05) is 0 Å². The van der Waals surface area contributed by atoms with Gasteiger partial charge in [-0.2, -0.15) is 0 Å². The maximum absolute atomic E-state index is 6.83. The summed E-state index contributed by atoms with van der Waals surface area (Å²) in [7, 11) is 0. The van der Waals surface area contributed by atoms with Crippen LogP contribution in [0.25, 0.3) is 50.1 Å². The Bertz CT molecular complexity index is 3470. The number of hydrogen-bond acceptors (Lipinski definition) is 2. The Labute approximate surface area is 408 Å². The van der Waals surface area contributed by atoms with Gasteiger partial charge in [0, 0.05) is 40.1 Å². The van der Waals surface area contributed by atoms with Crippen LogP contribution in [-0.2, 0) is 21.7 Å². The van der Waals surface area contributed by atoms with Crippen LogP contribution in [0.1, 0.15) is 103 Å². The van der Waals surface area contributed by atoms with Crippen molar-refractivity contribution in [3.63, 3.8) is 0 Å². The molecule has 10 rings (SSSR count). The number of ether oxygens (including phenoxy) is 1. The predicted molar refractivity (Wildman–Crippen MR) is 285 cm³/mol. The molecule has 0 saturated carbocycles. The zero-order valence-corrected chi connectivity index (χ0v) is 41.7. The summed E-state index contributed by atoms with van der Waals surface area (Å²) in [5.74, 6) is 2.35. The highest BCUT2D eigenvalue weighted by molar-refractivity contribution is 6.09. The molecule has 7 aromatic carbocycles. The number of aromatic nitrogens is 4. The summed E-state index contributed by atoms with van der Waals surface area (Å²) in [5, 5.41) is 2.34. The lowest BCUT2D eigenvalue weighted by Gasteiger charge is -2.28. The fourth-order valence-corrected chi connectivity index (χ4v) is 9.71. The molecule has 3 aromatic heterocycles. The largest absolute Gasteiger partial charge is 0.458 e. The van der Waals surface area contributed by atoms with Crippen molar-refractivity contribution >= 4 is 21.8 Å². The minimum Gasteiger partial charge on any atom is -0.458 e. The van der Waals surface area contributed by atoms with Gasteiger partial charge < -0.3 is 4.74 Å². The van der Waals surface area contributed by atoms with Crippen molar-refractivity contribution in [3.05, 3.63) is 234 Å². The first-order chi connectivity index (χ1) is 32.9. The number of imidazole rings is 1. The molecule has 0 N–H and O–H groups in total. The minimum atomic E-state index is -0.246. The second-order valence-corrected chi connectivity index (χ2v) is 21.7. The van der Waals surface area contributed by atoms with E-state index < -0.39 is 0 Å². The summed E-state index contributed by atoms with van der Waals surface area (Å²) < 4.78 is 13.5. The summed E-state index contributed by atoms with van der Waals surface area (Å²) in [4.78, 5) is 5.03. The van der Waals surface area contributed by atoms with Gasteiger partial charge in [-0.25, -0.2) is 4.98 Å². The van der Waals surface area contributed by atoms with Crippen LogP contribution >= 0.6 is 0 Å². The molecule has 0 unspecified atom stereocenters. The van der Waals surface area contributed by atoms with Crippen LogP contribution in [0.3, 0.4) is 0 Å². The number of pyridine rings is 1. The first-order valence-electron chi connectivity index (χ1n) is 24.2. The van der Waals surface area contributed by atoms with Gasteiger partial charge in [0.2, 0.25) is 0 Å². The van der Waals surface area contributed by atoms with Crippen LogP contribution < -0.4 is 9.30 Å². The van der Waals surface area contributed by atoms with Crippen LogP contribution in [0.5, 0.6) is 11.5 Å². The van der Waals surface area contributed by atoms with Gasteiger partial charge in [0.1, 0.15) is 17.3 Å². The lowest BCUT2D eigenvalue weighted by atomic mass is 9.77. The quantitative estimate of drug-likeness (QED) is 0.101. The molecule has 0 aliphatic rings. The van der Waals surface area contributed by atoms with Crippen LogP contribution in [0.15, 0.2) is 194 Å². The number of fused-ring (bicyclic) bond motifs is 3. The molecule has 0 bridgehead atoms. The molecule has 5 heteroatoms. The van der Waals surface area contributed by atoms with Gasteiger partial charge in [0.15, 0.2) is 0 Å². The van der Waals surface area contributed by atoms with Gasteiger partial charge in [-0.3, -0.25) is 13.7 Å². The van der Waals surface area contributed by atoms with Gasteiger partial charge in [0.25, 0.3) is 6.33 Å². The second kappa shape index (κ2) is 17.2. The molecular weight excluding hydrogens is 841 g/mol. The van der Waals surface area contributed by atoms with E-state index in [0.717, 1.165) is 50.8 Å². The van der Waals surface area contributed by atoms with E-state index in [0.29, 0.717) is 0 Å². The summed E-state index contributed by atoms with van der Waals surface area (Å²) in [6.07, 6.45) is 7.94. The van der Waals surface area contributed by atoms with Crippen molar-refractivity contribution in [1.82, 2.24) is 14.1 Å². The van der Waals surface area contributed by atoms with E-state index in [9.17, 15) is 0 Å². The molecule has 344 valence electrons. The van der Waals surface area contributed by atoms with E-state index in [1.54, 1.807) is 0 Å². The summed E-state index contributed by atoms with van der Waals surface area (Å²) in [6.45, 7) is 22.8. The Morgan fingerprint density at radius 2 is 1.12 bits per heavy atom. The van der Waals surface area contributed by atoms with Crippen molar-refractivity contribution in [2.24, 2.45) is 0 Å². The Balaban J connectivity index is 1.05. The number of hydrogen-bond donors (Lipinski definition) is 0. The Morgan fingerprint density at radius 3 is 1.78 bits per heavy atom. The topological polar surface area (TPSA) is 35.9 Å². The van der Waals surface area contributed by atoms with Gasteiger partial charge in [-0.05, 0) is 117 Å². The Hall–Kier alpha value is -7.50. The molecule has 3 heterocycles. The van der Waals surface area contributed by atoms with Crippen LogP contribution in [0.4, 0.5) is 0 Å². The average Bonchev–Trinajstić information content (AvgIpc) is 3.95. The highest BCUT2D eigenvalue weighted by Gasteiger charge is 2.28. The predicted octanol–water partition coefficient (Wildman–Crippen LogP) is 15.8. The molecule has 0 radical (unpaired) electrons. The number of rotatable bonds is 10. The number of benzene rings is 7. The fraction of sp³-hybridized carbons (Fsp3) is 0.219. The van der Waals surface area contributed by atoms with E-state index in [1.807, 2.05) is 12.3 Å². The molecule has 0 fully saturated rings. The lowest BCUT2D eigenvalue weighted by molar-refractivity contribution is -0.611. The number of nitrogens with zero attached hydrogens (tertiary/aromatic N) is 4. The van der Waals surface area contributed by atoms with E-state index in [-0.39, 0.29) is 21.7 Å². The van der Waals surface area contributed by atoms with E-state index >= 15 is 0 Å². The first-order valence-corrected chi connectivity index (χ1v) is 24.2. The monoisotopic (exact) mass is 902 g/mol. The maximum atomic E-state index is 6.83. The highest BCUT2D eigenvalue weighted by Crippen LogP contribution is 2.40. The van der Waals surface area contributed by atoms with Gasteiger partial charge in [-0.15, -0.1) is 0 Å². The van der Waals surface area contributed by atoms with Crippen LogP contribution in [0, 0.1) is 6.33 Å². The van der Waals surface area contributed by atoms with Crippen LogP contribution in [0.2, 0.25) is 0 Å². The highest BCUT2D eigenvalue weighted by atomic mass is 16.5. The molecule has 0 saturated heterocycles. The zero-order chi connectivity index (χ0) is 48.3. The average molecular weight is 903 g/mol. The standard InChI is InChI=1S/C64H62N4O/c1-61(2,3)48-29-32-57-56(38-48)55-31-30-54(41-58(55)68(57)60-39-49(33-34-65-60)63(7,8)46-23-16-12-17-24-46)69-53-28-20-27-51(40-53)66-42-59(62(4,5)6)67(43-66)52-36-45(44-21-14-11-15-22-44)35-50(37-52)64(9,10)47-25-18-13-19-26-47/h11-42H,1-10H3. The molecule has 0 atom stereocenters. The summed E-state index contributed by atoms with van der Waals surface area (Å²) in [5.41, 5.74) is 13.2. The van der Waals surface area contributed by atoms with Crippen molar-refractivity contribution in [1.29, 1.82) is 0 Å². The van der Waals surface area contributed by atoms with E-state index in [2.05, 4.69) is 271 Å². The third-order valence-corrected chi connectivity index (χ3v) is 14.1. The van der Waals surface area contributed by atoms with Crippen molar-refractivity contribution < 1.29 is 9.30 Å². The molecule has 69 heavy (non-hydrogen) atoms. The minimum absolute atomic E-state index is 0.00690. The third-order valence-electron chi connectivity index (χ3n) is 14.1. The van der Waals surface area contributed by atoms with Gasteiger partial charge in [0.05, 0.1) is 28.1 Å². The molecular formula is C64H62N4O. The molecule has 0 amide bonds. The van der Waals surface area contributed by atoms with E-state index in [1.165, 1.54) is 44.3 Å². The third kappa shape index (κ3) is 8.67. The normalized spacial score (nSPS) is 12.5. The fourth-order valence-electron chi connectivity index (χ4n) is 9.71. The second-order valence-electron chi connectivity index (χ2n) is 21.7. The van der Waals surface area contributed by atoms with Crippen LogP contribution in [-0.4, -0.2) is 14.1 Å². The molecule has 0 spiro atoms. The molecule has 0 aliphatic carbocycles. The summed E-state index contributed by atoms with van der Waals surface area (Å²) >= 11 is 0. The summed E-state index contributed by atoms with van der Waals surface area (Å²) in [6, 6.07) is 65.2. The van der Waals surface area contributed by atoms with Gasteiger partial charge >= 0.3 is 0 Å². The van der Waals surface area contributed by atoms with E-state index in [4.69, 9.17) is 9.72 Å². The van der Waals surface area contributed by atoms with Crippen molar-refractivity contribution in [2.45, 2.75) is 90.9 Å². The smallest absolute Gasteiger partial charge is 0.269 e. The zero-order valence-electron chi connectivity index (χ0n) is 41.7. The maximum Gasteiger partial charge on any atom is 0.269 e. The molecule has 5 nitrogen and oxygen atoms in total. The first kappa shape index (κ1) is 45.3. The lowest BCUT2D eigenvalue weighted by Crippen LogP contribution is -2.39. The van der Waals surface area contributed by atoms with Crippen molar-refractivity contribution in [3.8, 4) is 39.8 Å².